The molecule has 1 N–H and O–H groups in total. The fraction of sp³-hybridized carbons (Fsp3) is 0.889. The lowest BCUT2D eigenvalue weighted by Gasteiger charge is -2.20. The van der Waals surface area contributed by atoms with Crippen molar-refractivity contribution in [1.29, 1.82) is 0 Å². The molecule has 0 aromatic carbocycles. The van der Waals surface area contributed by atoms with Gasteiger partial charge in [0.05, 0.1) is 12.6 Å². The smallest absolute Gasteiger partial charge is 0.224 e. The highest BCUT2D eigenvalue weighted by Gasteiger charge is 2.42. The highest BCUT2D eigenvalue weighted by molar-refractivity contribution is 5.80. The van der Waals surface area contributed by atoms with Crippen molar-refractivity contribution < 1.29 is 9.63 Å². The fourth-order valence-corrected chi connectivity index (χ4v) is 2.27. The predicted molar refractivity (Wildman–Crippen MR) is 47.9 cm³/mol. The Hall–Kier alpha value is -0.610. The monoisotopic (exact) mass is 184 g/mol. The predicted octanol–water partition coefficient (Wildman–Crippen LogP) is 0.291. The van der Waals surface area contributed by atoms with Gasteiger partial charge in [0.15, 0.2) is 0 Å². The number of nitrogens with one attached hydrogen (secondary N) is 1. The molecule has 1 amide bonds. The van der Waals surface area contributed by atoms with Crippen molar-refractivity contribution in [2.45, 2.75) is 38.3 Å². The Bertz CT molecular complexity index is 208. The Morgan fingerprint density at radius 3 is 3.31 bits per heavy atom. The van der Waals surface area contributed by atoms with E-state index in [1.54, 1.807) is 0 Å². The summed E-state index contributed by atoms with van der Waals surface area (Å²) < 4.78 is 0. The molecule has 2 atom stereocenters. The summed E-state index contributed by atoms with van der Waals surface area (Å²) >= 11 is 0. The maximum Gasteiger partial charge on any atom is 0.224 e. The Balaban J connectivity index is 1.94. The standard InChI is InChI=1S/C9H16N2O2/c1-2-13-10-7-6-9(12)11-5-3-4-8(7)11/h7-8,10H,2-6H2,1H3. The molecule has 2 aliphatic heterocycles. The second-order valence-electron chi connectivity index (χ2n) is 3.66. The highest BCUT2D eigenvalue weighted by Crippen LogP contribution is 2.28. The molecule has 0 spiro atoms. The summed E-state index contributed by atoms with van der Waals surface area (Å²) in [6, 6.07) is 0.606. The first-order valence-corrected chi connectivity index (χ1v) is 4.99. The van der Waals surface area contributed by atoms with Crippen LogP contribution in [0.5, 0.6) is 0 Å². The molecule has 0 aromatic rings. The van der Waals surface area contributed by atoms with Gasteiger partial charge in [-0.05, 0) is 19.8 Å². The summed E-state index contributed by atoms with van der Waals surface area (Å²) in [6.07, 6.45) is 2.86. The average molecular weight is 184 g/mol. The first-order valence-electron chi connectivity index (χ1n) is 4.99. The van der Waals surface area contributed by atoms with Crippen molar-refractivity contribution >= 4 is 5.91 Å². The molecule has 0 saturated carbocycles. The molecule has 2 heterocycles. The van der Waals surface area contributed by atoms with Crippen molar-refractivity contribution in [3.8, 4) is 0 Å². The highest BCUT2D eigenvalue weighted by atomic mass is 16.6. The Morgan fingerprint density at radius 2 is 2.54 bits per heavy atom. The van der Waals surface area contributed by atoms with Crippen molar-refractivity contribution in [3.05, 3.63) is 0 Å². The van der Waals surface area contributed by atoms with Crippen LogP contribution in [0.2, 0.25) is 0 Å². The molecular formula is C9H16N2O2. The van der Waals surface area contributed by atoms with E-state index in [9.17, 15) is 4.79 Å². The van der Waals surface area contributed by atoms with E-state index >= 15 is 0 Å². The Labute approximate surface area is 78.2 Å². The first-order chi connectivity index (χ1) is 6.33. The lowest BCUT2D eigenvalue weighted by molar-refractivity contribution is -0.127. The first kappa shape index (κ1) is 8.97. The largest absolute Gasteiger partial charge is 0.338 e. The van der Waals surface area contributed by atoms with Crippen molar-refractivity contribution in [2.24, 2.45) is 0 Å². The molecule has 4 nitrogen and oxygen atoms in total. The van der Waals surface area contributed by atoms with Crippen LogP contribution < -0.4 is 5.48 Å². The molecule has 2 saturated heterocycles. The van der Waals surface area contributed by atoms with Gasteiger partial charge in [0.2, 0.25) is 5.91 Å². The molecule has 2 rings (SSSR count). The third kappa shape index (κ3) is 1.56. The molecule has 2 fully saturated rings. The topological polar surface area (TPSA) is 41.6 Å². The van der Waals surface area contributed by atoms with E-state index in [2.05, 4.69) is 5.48 Å². The van der Waals surface area contributed by atoms with E-state index in [0.717, 1.165) is 19.4 Å². The van der Waals surface area contributed by atoms with Gasteiger partial charge in [-0.3, -0.25) is 4.79 Å². The molecule has 2 aliphatic rings. The van der Waals surface area contributed by atoms with Gasteiger partial charge in [-0.25, -0.2) is 0 Å². The number of hydroxylamine groups is 1. The number of fused-ring (bicyclic) bond motifs is 1. The number of hydrogen-bond acceptors (Lipinski definition) is 3. The lowest BCUT2D eigenvalue weighted by Crippen LogP contribution is -2.39. The molecule has 0 bridgehead atoms. The van der Waals surface area contributed by atoms with Gasteiger partial charge in [-0.15, -0.1) is 0 Å². The van der Waals surface area contributed by atoms with Gasteiger partial charge in [-0.1, -0.05) is 0 Å². The maximum absolute atomic E-state index is 11.5. The molecular weight excluding hydrogens is 168 g/mol. The second-order valence-corrected chi connectivity index (χ2v) is 3.66. The van der Waals surface area contributed by atoms with Crippen LogP contribution in [0.3, 0.4) is 0 Å². The molecule has 0 aliphatic carbocycles. The summed E-state index contributed by atoms with van der Waals surface area (Å²) in [5.41, 5.74) is 2.97. The average Bonchev–Trinajstić information content (AvgIpc) is 2.67. The van der Waals surface area contributed by atoms with Gasteiger partial charge in [-0.2, -0.15) is 5.48 Å². The zero-order chi connectivity index (χ0) is 9.26. The van der Waals surface area contributed by atoms with Crippen LogP contribution in [0, 0.1) is 0 Å². The minimum absolute atomic E-state index is 0.218. The van der Waals surface area contributed by atoms with Gasteiger partial charge >= 0.3 is 0 Å². The van der Waals surface area contributed by atoms with Crippen LogP contribution in [0.15, 0.2) is 0 Å². The summed E-state index contributed by atoms with van der Waals surface area (Å²) in [7, 11) is 0. The van der Waals surface area contributed by atoms with Gasteiger partial charge < -0.3 is 9.74 Å². The number of carbonyl (C=O) groups excluding carboxylic acids is 1. The summed E-state index contributed by atoms with van der Waals surface area (Å²) in [6.45, 7) is 3.53. The van der Waals surface area contributed by atoms with Gasteiger partial charge in [0, 0.05) is 19.0 Å². The molecule has 0 aromatic heterocycles. The van der Waals surface area contributed by atoms with Crippen LogP contribution in [0.25, 0.3) is 0 Å². The van der Waals surface area contributed by atoms with Crippen LogP contribution in [-0.4, -0.2) is 36.0 Å². The minimum atomic E-state index is 0.218. The Morgan fingerprint density at radius 1 is 1.69 bits per heavy atom. The SMILES string of the molecule is CCONC1CC(=O)N2CCCC12. The number of rotatable bonds is 3. The van der Waals surface area contributed by atoms with Crippen molar-refractivity contribution in [1.82, 2.24) is 10.4 Å². The minimum Gasteiger partial charge on any atom is -0.338 e. The second kappa shape index (κ2) is 3.64. The number of nitrogens with zero attached hydrogens (tertiary/aromatic N) is 1. The van der Waals surface area contributed by atoms with E-state index in [1.807, 2.05) is 11.8 Å². The molecule has 74 valence electrons. The summed E-state index contributed by atoms with van der Waals surface area (Å²) in [5, 5.41) is 0. The zero-order valence-corrected chi connectivity index (χ0v) is 7.95. The Kier molecular flexibility index (Phi) is 2.51. The van der Waals surface area contributed by atoms with Crippen LogP contribution in [-0.2, 0) is 9.63 Å². The molecule has 13 heavy (non-hydrogen) atoms. The normalized spacial score (nSPS) is 32.7. The molecule has 0 radical (unpaired) electrons. The summed E-state index contributed by atoms with van der Waals surface area (Å²) in [5.74, 6) is 0.278. The quantitative estimate of drug-likeness (QED) is 0.641. The third-order valence-corrected chi connectivity index (χ3v) is 2.86. The van der Waals surface area contributed by atoms with E-state index < -0.39 is 0 Å². The van der Waals surface area contributed by atoms with E-state index in [1.165, 1.54) is 0 Å². The van der Waals surface area contributed by atoms with Crippen LogP contribution >= 0.6 is 0 Å². The van der Waals surface area contributed by atoms with Crippen molar-refractivity contribution in [3.63, 3.8) is 0 Å². The maximum atomic E-state index is 11.5. The lowest BCUT2D eigenvalue weighted by atomic mass is 10.1. The van der Waals surface area contributed by atoms with Crippen molar-refractivity contribution in [2.75, 3.05) is 13.2 Å². The van der Waals surface area contributed by atoms with Crippen LogP contribution in [0.4, 0.5) is 0 Å². The van der Waals surface area contributed by atoms with E-state index in [-0.39, 0.29) is 11.9 Å². The molecule has 4 heteroatoms. The zero-order valence-electron chi connectivity index (χ0n) is 7.95. The van der Waals surface area contributed by atoms with E-state index in [0.29, 0.717) is 19.1 Å². The van der Waals surface area contributed by atoms with E-state index in [4.69, 9.17) is 4.84 Å². The van der Waals surface area contributed by atoms with Gasteiger partial charge in [0.25, 0.3) is 0 Å². The number of hydrogen-bond donors (Lipinski definition) is 1. The fourth-order valence-electron chi connectivity index (χ4n) is 2.27. The third-order valence-electron chi connectivity index (χ3n) is 2.86. The number of carbonyl (C=O) groups is 1. The summed E-state index contributed by atoms with van der Waals surface area (Å²) in [4.78, 5) is 18.6. The number of amides is 1. The van der Waals surface area contributed by atoms with Gasteiger partial charge in [0.1, 0.15) is 0 Å². The van der Waals surface area contributed by atoms with Crippen LogP contribution in [0.1, 0.15) is 26.2 Å². The molecule has 2 unspecified atom stereocenters.